The number of rotatable bonds is 4. The Bertz CT molecular complexity index is 694. The molecule has 0 bridgehead atoms. The third-order valence-electron chi connectivity index (χ3n) is 3.76. The van der Waals surface area contributed by atoms with Crippen molar-refractivity contribution in [2.24, 2.45) is 0 Å². The first kappa shape index (κ1) is 14.1. The van der Waals surface area contributed by atoms with Gasteiger partial charge in [0.1, 0.15) is 12.4 Å². The number of ether oxygens (including phenoxy) is 1. The fourth-order valence-electron chi connectivity index (χ4n) is 2.60. The molecule has 0 aliphatic heterocycles. The van der Waals surface area contributed by atoms with Gasteiger partial charge in [-0.3, -0.25) is 0 Å². The summed E-state index contributed by atoms with van der Waals surface area (Å²) >= 11 is 3.40. The summed E-state index contributed by atoms with van der Waals surface area (Å²) in [5, 5.41) is 8.95. The maximum absolute atomic E-state index is 10.9. The highest BCUT2D eigenvalue weighted by Gasteiger charge is 2.12. The van der Waals surface area contributed by atoms with E-state index in [0.717, 1.165) is 28.6 Å². The predicted octanol–water partition coefficient (Wildman–Crippen LogP) is 4.22. The number of fused-ring (bicyclic) bond motifs is 1. The van der Waals surface area contributed by atoms with Crippen molar-refractivity contribution in [2.45, 2.75) is 25.9 Å². The van der Waals surface area contributed by atoms with Crippen LogP contribution in [0.5, 0.6) is 5.75 Å². The van der Waals surface area contributed by atoms with E-state index in [0.29, 0.717) is 6.61 Å². The van der Waals surface area contributed by atoms with E-state index in [1.807, 2.05) is 6.07 Å². The van der Waals surface area contributed by atoms with Crippen molar-refractivity contribution in [1.82, 2.24) is 0 Å². The van der Waals surface area contributed by atoms with Crippen LogP contribution in [-0.2, 0) is 19.4 Å². The van der Waals surface area contributed by atoms with Crippen LogP contribution < -0.4 is 4.74 Å². The summed E-state index contributed by atoms with van der Waals surface area (Å²) in [5.74, 6) is -0.0633. The summed E-state index contributed by atoms with van der Waals surface area (Å²) in [6.45, 7) is 0.416. The Hall–Kier alpha value is -1.81. The number of hydrogen-bond acceptors (Lipinski definition) is 2. The van der Waals surface area contributed by atoms with Gasteiger partial charge in [-0.2, -0.15) is 0 Å². The van der Waals surface area contributed by atoms with Crippen LogP contribution in [0, 0.1) is 0 Å². The van der Waals surface area contributed by atoms with Crippen molar-refractivity contribution in [2.75, 3.05) is 0 Å². The fraction of sp³-hybridized carbons (Fsp3) is 0.235. The second-order valence-corrected chi connectivity index (χ2v) is 6.04. The predicted molar refractivity (Wildman–Crippen MR) is 83.9 cm³/mol. The normalized spacial score (nSPS) is 13.0. The van der Waals surface area contributed by atoms with E-state index >= 15 is 0 Å². The molecule has 0 fully saturated rings. The van der Waals surface area contributed by atoms with Crippen LogP contribution in [0.1, 0.15) is 33.5 Å². The van der Waals surface area contributed by atoms with Gasteiger partial charge in [-0.15, -0.1) is 0 Å². The van der Waals surface area contributed by atoms with Crippen molar-refractivity contribution in [3.05, 3.63) is 63.1 Å². The van der Waals surface area contributed by atoms with Crippen molar-refractivity contribution < 1.29 is 14.6 Å². The Kier molecular flexibility index (Phi) is 3.97. The molecule has 3 rings (SSSR count). The first-order chi connectivity index (χ1) is 10.1. The average molecular weight is 347 g/mol. The lowest BCUT2D eigenvalue weighted by atomic mass is 10.1. The molecule has 2 aromatic carbocycles. The van der Waals surface area contributed by atoms with Crippen LogP contribution in [-0.4, -0.2) is 11.1 Å². The van der Waals surface area contributed by atoms with Gasteiger partial charge in [0.2, 0.25) is 0 Å². The summed E-state index contributed by atoms with van der Waals surface area (Å²) < 4.78 is 6.57. The standard InChI is InChI=1S/C17H15BrO3/c18-16-9-13(17(19)20)4-5-14(16)10-21-15-7-6-11-2-1-3-12(11)8-15/h4-9H,1-3,10H2,(H,19,20). The van der Waals surface area contributed by atoms with Gasteiger partial charge in [0.05, 0.1) is 5.56 Å². The number of aromatic carboxylic acids is 1. The third kappa shape index (κ3) is 3.10. The third-order valence-corrected chi connectivity index (χ3v) is 4.50. The van der Waals surface area contributed by atoms with Gasteiger partial charge >= 0.3 is 5.97 Å². The zero-order chi connectivity index (χ0) is 14.8. The Morgan fingerprint density at radius 2 is 1.95 bits per heavy atom. The maximum atomic E-state index is 10.9. The quantitative estimate of drug-likeness (QED) is 0.901. The highest BCUT2D eigenvalue weighted by Crippen LogP contribution is 2.27. The van der Waals surface area contributed by atoms with Crippen molar-refractivity contribution in [3.63, 3.8) is 0 Å². The minimum absolute atomic E-state index is 0.267. The molecule has 4 heteroatoms. The zero-order valence-electron chi connectivity index (χ0n) is 11.4. The summed E-state index contributed by atoms with van der Waals surface area (Å²) in [6, 6.07) is 11.2. The molecular formula is C17H15BrO3. The molecule has 0 spiro atoms. The summed E-state index contributed by atoms with van der Waals surface area (Å²) in [5.41, 5.74) is 4.01. The maximum Gasteiger partial charge on any atom is 0.335 e. The monoisotopic (exact) mass is 346 g/mol. The lowest BCUT2D eigenvalue weighted by molar-refractivity contribution is 0.0696. The first-order valence-electron chi connectivity index (χ1n) is 6.90. The molecule has 21 heavy (non-hydrogen) atoms. The Balaban J connectivity index is 1.71. The molecule has 1 N–H and O–H groups in total. The molecule has 0 saturated heterocycles. The largest absolute Gasteiger partial charge is 0.489 e. The number of halogens is 1. The van der Waals surface area contributed by atoms with Crippen molar-refractivity contribution in [1.29, 1.82) is 0 Å². The zero-order valence-corrected chi connectivity index (χ0v) is 13.0. The van der Waals surface area contributed by atoms with Gasteiger partial charge in [-0.25, -0.2) is 4.79 Å². The molecule has 0 aromatic heterocycles. The summed E-state index contributed by atoms with van der Waals surface area (Å²) in [6.07, 6.45) is 3.52. The number of hydrogen-bond donors (Lipinski definition) is 1. The van der Waals surface area contributed by atoms with Crippen LogP contribution in [0.2, 0.25) is 0 Å². The highest BCUT2D eigenvalue weighted by molar-refractivity contribution is 9.10. The molecular weight excluding hydrogens is 332 g/mol. The molecule has 0 radical (unpaired) electrons. The van der Waals surface area contributed by atoms with Gasteiger partial charge in [0, 0.05) is 10.0 Å². The molecule has 108 valence electrons. The van der Waals surface area contributed by atoms with Crippen LogP contribution in [0.4, 0.5) is 0 Å². The van der Waals surface area contributed by atoms with E-state index in [2.05, 4.69) is 28.1 Å². The minimum atomic E-state index is -0.929. The molecule has 2 aromatic rings. The van der Waals surface area contributed by atoms with Crippen LogP contribution >= 0.6 is 15.9 Å². The first-order valence-corrected chi connectivity index (χ1v) is 7.69. The SMILES string of the molecule is O=C(O)c1ccc(COc2ccc3c(c2)CCC3)c(Br)c1. The molecule has 1 aliphatic carbocycles. The van der Waals surface area contributed by atoms with E-state index < -0.39 is 5.97 Å². The van der Waals surface area contributed by atoms with Crippen LogP contribution in [0.25, 0.3) is 0 Å². The summed E-state index contributed by atoms with van der Waals surface area (Å²) in [4.78, 5) is 10.9. The van der Waals surface area contributed by atoms with Crippen LogP contribution in [0.15, 0.2) is 40.9 Å². The van der Waals surface area contributed by atoms with Crippen LogP contribution in [0.3, 0.4) is 0 Å². The molecule has 0 unspecified atom stereocenters. The molecule has 0 saturated carbocycles. The molecule has 0 heterocycles. The highest BCUT2D eigenvalue weighted by atomic mass is 79.9. The Morgan fingerprint density at radius 1 is 1.14 bits per heavy atom. The smallest absolute Gasteiger partial charge is 0.335 e. The number of carboxylic acids is 1. The van der Waals surface area contributed by atoms with E-state index in [4.69, 9.17) is 9.84 Å². The Morgan fingerprint density at radius 3 is 2.71 bits per heavy atom. The Labute approximate surface area is 131 Å². The molecule has 1 aliphatic rings. The lowest BCUT2D eigenvalue weighted by Crippen LogP contribution is -2.00. The van der Waals surface area contributed by atoms with E-state index in [1.165, 1.54) is 17.5 Å². The molecule has 3 nitrogen and oxygen atoms in total. The number of aryl methyl sites for hydroxylation is 2. The number of benzene rings is 2. The molecule has 0 amide bonds. The number of carbonyl (C=O) groups is 1. The molecule has 0 atom stereocenters. The van der Waals surface area contributed by atoms with E-state index in [-0.39, 0.29) is 5.56 Å². The van der Waals surface area contributed by atoms with Gasteiger partial charge in [0.25, 0.3) is 0 Å². The van der Waals surface area contributed by atoms with Gasteiger partial charge in [-0.05, 0) is 54.7 Å². The van der Waals surface area contributed by atoms with Crippen molar-refractivity contribution >= 4 is 21.9 Å². The topological polar surface area (TPSA) is 46.5 Å². The second-order valence-electron chi connectivity index (χ2n) is 5.18. The van der Waals surface area contributed by atoms with Gasteiger partial charge in [0.15, 0.2) is 0 Å². The van der Waals surface area contributed by atoms with Gasteiger partial charge < -0.3 is 9.84 Å². The van der Waals surface area contributed by atoms with E-state index in [1.54, 1.807) is 18.2 Å². The van der Waals surface area contributed by atoms with E-state index in [9.17, 15) is 4.79 Å². The fourth-order valence-corrected chi connectivity index (χ4v) is 3.09. The lowest BCUT2D eigenvalue weighted by Gasteiger charge is -2.10. The number of carboxylic acid groups (broad SMARTS) is 1. The van der Waals surface area contributed by atoms with Crippen molar-refractivity contribution in [3.8, 4) is 5.75 Å². The van der Waals surface area contributed by atoms with Gasteiger partial charge in [-0.1, -0.05) is 28.1 Å². The second kappa shape index (κ2) is 5.90. The summed E-state index contributed by atoms with van der Waals surface area (Å²) in [7, 11) is 0. The average Bonchev–Trinajstić information content (AvgIpc) is 2.93. The minimum Gasteiger partial charge on any atom is -0.489 e.